The fourth-order valence-electron chi connectivity index (χ4n) is 1.45. The molecule has 2 aromatic heterocycles. The van der Waals surface area contributed by atoms with Crippen molar-refractivity contribution in [2.75, 3.05) is 7.11 Å². The monoisotopic (exact) mass is 203 g/mol. The molecule has 78 valence electrons. The van der Waals surface area contributed by atoms with Crippen LogP contribution in [-0.4, -0.2) is 22.1 Å². The van der Waals surface area contributed by atoms with E-state index in [4.69, 9.17) is 4.74 Å². The molecule has 0 fully saturated rings. The van der Waals surface area contributed by atoms with Crippen LogP contribution in [0.15, 0.2) is 6.07 Å². The van der Waals surface area contributed by atoms with E-state index in [1.165, 1.54) is 0 Å². The number of hydrogen-bond donors (Lipinski definition) is 0. The van der Waals surface area contributed by atoms with Crippen LogP contribution in [0.2, 0.25) is 0 Å². The molecule has 0 radical (unpaired) electrons. The first-order chi connectivity index (χ1) is 7.11. The SMILES string of the molecule is COc1nc(C)c2cc(C)c(C)nc2n1. The quantitative estimate of drug-likeness (QED) is 0.710. The second-order valence-electron chi connectivity index (χ2n) is 3.56. The average molecular weight is 203 g/mol. The zero-order valence-electron chi connectivity index (χ0n) is 9.33. The zero-order chi connectivity index (χ0) is 11.0. The Balaban J connectivity index is 2.80. The maximum atomic E-state index is 5.01. The van der Waals surface area contributed by atoms with Gasteiger partial charge in [-0.1, -0.05) is 0 Å². The number of methoxy groups -OCH3 is 1. The van der Waals surface area contributed by atoms with Crippen molar-refractivity contribution in [3.05, 3.63) is 23.0 Å². The summed E-state index contributed by atoms with van der Waals surface area (Å²) in [4.78, 5) is 12.8. The number of hydrogen-bond acceptors (Lipinski definition) is 4. The summed E-state index contributed by atoms with van der Waals surface area (Å²) in [6.45, 7) is 5.94. The van der Waals surface area contributed by atoms with E-state index in [-0.39, 0.29) is 0 Å². The number of rotatable bonds is 1. The second-order valence-corrected chi connectivity index (χ2v) is 3.56. The van der Waals surface area contributed by atoms with E-state index >= 15 is 0 Å². The number of fused-ring (bicyclic) bond motifs is 1. The summed E-state index contributed by atoms with van der Waals surface area (Å²) in [6.07, 6.45) is 0. The molecule has 0 N–H and O–H groups in total. The minimum Gasteiger partial charge on any atom is -0.467 e. The van der Waals surface area contributed by atoms with Crippen LogP contribution >= 0.6 is 0 Å². The van der Waals surface area contributed by atoms with Gasteiger partial charge in [0.1, 0.15) is 0 Å². The predicted molar refractivity (Wildman–Crippen MR) is 58.1 cm³/mol. The van der Waals surface area contributed by atoms with E-state index in [0.717, 1.165) is 22.3 Å². The number of aromatic nitrogens is 3. The van der Waals surface area contributed by atoms with E-state index < -0.39 is 0 Å². The largest absolute Gasteiger partial charge is 0.467 e. The smallest absolute Gasteiger partial charge is 0.318 e. The van der Waals surface area contributed by atoms with E-state index in [1.54, 1.807) is 7.11 Å². The van der Waals surface area contributed by atoms with Gasteiger partial charge >= 0.3 is 6.01 Å². The van der Waals surface area contributed by atoms with Crippen LogP contribution in [-0.2, 0) is 0 Å². The average Bonchev–Trinajstić information content (AvgIpc) is 2.21. The van der Waals surface area contributed by atoms with Crippen LogP contribution < -0.4 is 4.74 Å². The second kappa shape index (κ2) is 3.46. The molecule has 0 aliphatic rings. The molecule has 2 rings (SSSR count). The molecule has 2 heterocycles. The lowest BCUT2D eigenvalue weighted by molar-refractivity contribution is 0.380. The molecule has 0 spiro atoms. The zero-order valence-corrected chi connectivity index (χ0v) is 9.33. The van der Waals surface area contributed by atoms with Gasteiger partial charge in [-0.15, -0.1) is 0 Å². The third-order valence-electron chi connectivity index (χ3n) is 2.48. The Morgan fingerprint density at radius 2 is 1.73 bits per heavy atom. The van der Waals surface area contributed by atoms with Crippen molar-refractivity contribution in [2.45, 2.75) is 20.8 Å². The lowest BCUT2D eigenvalue weighted by Gasteiger charge is -2.06. The van der Waals surface area contributed by atoms with Gasteiger partial charge in [-0.25, -0.2) is 4.98 Å². The lowest BCUT2D eigenvalue weighted by atomic mass is 10.1. The molecule has 0 amide bonds. The normalized spacial score (nSPS) is 10.7. The molecule has 2 aromatic rings. The molecule has 4 nitrogen and oxygen atoms in total. The van der Waals surface area contributed by atoms with Gasteiger partial charge in [0.25, 0.3) is 0 Å². The Morgan fingerprint density at radius 1 is 1.00 bits per heavy atom. The lowest BCUT2D eigenvalue weighted by Crippen LogP contribution is -1.99. The van der Waals surface area contributed by atoms with Crippen LogP contribution in [0.25, 0.3) is 11.0 Å². The van der Waals surface area contributed by atoms with E-state index in [2.05, 4.69) is 21.0 Å². The van der Waals surface area contributed by atoms with Crippen molar-refractivity contribution >= 4 is 11.0 Å². The molecule has 15 heavy (non-hydrogen) atoms. The highest BCUT2D eigenvalue weighted by atomic mass is 16.5. The summed E-state index contributed by atoms with van der Waals surface area (Å²) < 4.78 is 5.01. The van der Waals surface area contributed by atoms with Gasteiger partial charge in [0, 0.05) is 11.1 Å². The number of nitrogens with zero attached hydrogens (tertiary/aromatic N) is 3. The Bertz CT molecular complexity index is 523. The third-order valence-corrected chi connectivity index (χ3v) is 2.48. The minimum atomic E-state index is 0.371. The predicted octanol–water partition coefficient (Wildman–Crippen LogP) is 1.96. The number of aryl methyl sites for hydroxylation is 3. The van der Waals surface area contributed by atoms with Gasteiger partial charge in [-0.05, 0) is 32.4 Å². The Hall–Kier alpha value is -1.71. The standard InChI is InChI=1S/C11H13N3O/c1-6-5-9-8(3)13-11(15-4)14-10(9)12-7(6)2/h5H,1-4H3. The highest BCUT2D eigenvalue weighted by Crippen LogP contribution is 2.18. The molecule has 0 aliphatic carbocycles. The first kappa shape index (κ1) is 9.83. The van der Waals surface area contributed by atoms with Crippen molar-refractivity contribution in [2.24, 2.45) is 0 Å². The fraction of sp³-hybridized carbons (Fsp3) is 0.364. The maximum absolute atomic E-state index is 5.01. The molecule has 4 heteroatoms. The number of pyridine rings is 1. The van der Waals surface area contributed by atoms with Gasteiger partial charge in [0.05, 0.1) is 12.8 Å². The van der Waals surface area contributed by atoms with Crippen LogP contribution in [0, 0.1) is 20.8 Å². The molecule has 0 saturated carbocycles. The molecular weight excluding hydrogens is 190 g/mol. The van der Waals surface area contributed by atoms with E-state index in [9.17, 15) is 0 Å². The van der Waals surface area contributed by atoms with Crippen LogP contribution in [0.3, 0.4) is 0 Å². The molecule has 0 aliphatic heterocycles. The van der Waals surface area contributed by atoms with Crippen molar-refractivity contribution in [3.63, 3.8) is 0 Å². The van der Waals surface area contributed by atoms with Gasteiger partial charge in [0.2, 0.25) is 0 Å². The molecule has 0 saturated heterocycles. The molecule has 0 aromatic carbocycles. The summed E-state index contributed by atoms with van der Waals surface area (Å²) in [5.41, 5.74) is 3.73. The Kier molecular flexibility index (Phi) is 2.26. The summed E-state index contributed by atoms with van der Waals surface area (Å²) in [5, 5.41) is 0.985. The first-order valence-corrected chi connectivity index (χ1v) is 4.78. The summed E-state index contributed by atoms with van der Waals surface area (Å²) in [7, 11) is 1.56. The maximum Gasteiger partial charge on any atom is 0.318 e. The van der Waals surface area contributed by atoms with Crippen LogP contribution in [0.5, 0.6) is 6.01 Å². The van der Waals surface area contributed by atoms with Gasteiger partial charge in [0.15, 0.2) is 5.65 Å². The van der Waals surface area contributed by atoms with Crippen molar-refractivity contribution in [1.82, 2.24) is 15.0 Å². The minimum absolute atomic E-state index is 0.371. The summed E-state index contributed by atoms with van der Waals surface area (Å²) in [5.74, 6) is 0. The third kappa shape index (κ3) is 1.63. The Morgan fingerprint density at radius 3 is 2.40 bits per heavy atom. The van der Waals surface area contributed by atoms with Crippen molar-refractivity contribution < 1.29 is 4.74 Å². The van der Waals surface area contributed by atoms with Gasteiger partial charge in [-0.2, -0.15) is 9.97 Å². The first-order valence-electron chi connectivity index (χ1n) is 4.78. The van der Waals surface area contributed by atoms with Crippen LogP contribution in [0.4, 0.5) is 0 Å². The highest BCUT2D eigenvalue weighted by molar-refractivity contribution is 5.78. The van der Waals surface area contributed by atoms with Crippen molar-refractivity contribution in [1.29, 1.82) is 0 Å². The Labute approximate surface area is 88.3 Å². The highest BCUT2D eigenvalue weighted by Gasteiger charge is 2.07. The fourth-order valence-corrected chi connectivity index (χ4v) is 1.45. The summed E-state index contributed by atoms with van der Waals surface area (Å²) >= 11 is 0. The van der Waals surface area contributed by atoms with Gasteiger partial charge < -0.3 is 4.74 Å². The van der Waals surface area contributed by atoms with Crippen molar-refractivity contribution in [3.8, 4) is 6.01 Å². The molecule has 0 unspecified atom stereocenters. The molecular formula is C11H13N3O. The number of ether oxygens (including phenoxy) is 1. The van der Waals surface area contributed by atoms with E-state index in [1.807, 2.05) is 20.8 Å². The molecule has 0 bridgehead atoms. The van der Waals surface area contributed by atoms with Crippen LogP contribution in [0.1, 0.15) is 17.0 Å². The summed E-state index contributed by atoms with van der Waals surface area (Å²) in [6, 6.07) is 2.43. The topological polar surface area (TPSA) is 47.9 Å². The van der Waals surface area contributed by atoms with Gasteiger partial charge in [-0.3, -0.25) is 0 Å². The van der Waals surface area contributed by atoms with E-state index in [0.29, 0.717) is 11.7 Å². The molecule has 0 atom stereocenters.